The maximum atomic E-state index is 14.3. The highest BCUT2D eigenvalue weighted by atomic mass is 19.1. The van der Waals surface area contributed by atoms with Gasteiger partial charge in [0.1, 0.15) is 25.9 Å². The van der Waals surface area contributed by atoms with E-state index in [1.54, 1.807) is 6.92 Å². The molecule has 2 fully saturated rings. The standard InChI is InChI=1S/C25H26F2N2O6/c1-2-22(30)17-10-19(26)24(20(27)11-17)34-14-18-12-28(8-9-33-18)23(31)13-29-21(15-35-25(29)32)16-6-4-3-5-7-16/h3-7,10-11,18,21H,2,8-9,12-15H2,1H3/t18?,21-/m0/s1. The summed E-state index contributed by atoms with van der Waals surface area (Å²) < 4.78 is 44.8. The van der Waals surface area contributed by atoms with Gasteiger partial charge in [-0.05, 0) is 17.7 Å². The van der Waals surface area contributed by atoms with Gasteiger partial charge in [-0.15, -0.1) is 0 Å². The van der Waals surface area contributed by atoms with E-state index < -0.39 is 29.6 Å². The van der Waals surface area contributed by atoms with Gasteiger partial charge in [-0.1, -0.05) is 37.3 Å². The van der Waals surface area contributed by atoms with Gasteiger partial charge < -0.3 is 19.1 Å². The van der Waals surface area contributed by atoms with Crippen LogP contribution in [0.2, 0.25) is 0 Å². The molecule has 0 aliphatic carbocycles. The Morgan fingerprint density at radius 2 is 1.86 bits per heavy atom. The minimum atomic E-state index is -0.981. The van der Waals surface area contributed by atoms with Crippen LogP contribution >= 0.6 is 0 Å². The third-order valence-electron chi connectivity index (χ3n) is 6.01. The topological polar surface area (TPSA) is 85.4 Å². The first-order chi connectivity index (χ1) is 16.9. The third kappa shape index (κ3) is 5.59. The first-order valence-corrected chi connectivity index (χ1v) is 11.4. The SMILES string of the molecule is CCC(=O)c1cc(F)c(OCC2CN(C(=O)CN3C(=O)OC[C@H]3c3ccccc3)CCO2)c(F)c1. The number of cyclic esters (lactones) is 1. The minimum absolute atomic E-state index is 0.0604. The number of ether oxygens (including phenoxy) is 3. The number of hydrogen-bond donors (Lipinski definition) is 0. The summed E-state index contributed by atoms with van der Waals surface area (Å²) in [5.74, 6) is -3.24. The van der Waals surface area contributed by atoms with Gasteiger partial charge in [-0.3, -0.25) is 14.5 Å². The van der Waals surface area contributed by atoms with E-state index >= 15 is 0 Å². The van der Waals surface area contributed by atoms with Crippen LogP contribution in [0.25, 0.3) is 0 Å². The summed E-state index contributed by atoms with van der Waals surface area (Å²) in [7, 11) is 0. The molecule has 1 unspecified atom stereocenters. The highest BCUT2D eigenvalue weighted by Gasteiger charge is 2.37. The number of halogens is 2. The molecule has 0 N–H and O–H groups in total. The Bertz CT molecular complexity index is 1070. The molecule has 2 saturated heterocycles. The van der Waals surface area contributed by atoms with Crippen LogP contribution in [0.1, 0.15) is 35.3 Å². The van der Waals surface area contributed by atoms with Crippen molar-refractivity contribution in [3.8, 4) is 5.75 Å². The summed E-state index contributed by atoms with van der Waals surface area (Å²) in [5.41, 5.74) is 0.810. The van der Waals surface area contributed by atoms with E-state index in [1.165, 1.54) is 9.80 Å². The van der Waals surface area contributed by atoms with E-state index in [9.17, 15) is 23.2 Å². The first-order valence-electron chi connectivity index (χ1n) is 11.4. The average molecular weight is 488 g/mol. The maximum absolute atomic E-state index is 14.3. The number of amides is 2. The van der Waals surface area contributed by atoms with Crippen LogP contribution < -0.4 is 4.74 Å². The summed E-state index contributed by atoms with van der Waals surface area (Å²) in [4.78, 5) is 39.8. The van der Waals surface area contributed by atoms with Crippen molar-refractivity contribution < 1.29 is 37.4 Å². The number of carbonyl (C=O) groups excluding carboxylic acids is 3. The van der Waals surface area contributed by atoms with Crippen molar-refractivity contribution in [2.45, 2.75) is 25.5 Å². The molecule has 4 rings (SSSR count). The second kappa shape index (κ2) is 10.8. The van der Waals surface area contributed by atoms with Crippen LogP contribution in [0.4, 0.5) is 13.6 Å². The van der Waals surface area contributed by atoms with Crippen molar-refractivity contribution in [1.29, 1.82) is 0 Å². The van der Waals surface area contributed by atoms with E-state index in [0.717, 1.165) is 17.7 Å². The number of hydrogen-bond acceptors (Lipinski definition) is 6. The molecule has 2 aromatic rings. The van der Waals surface area contributed by atoms with Crippen LogP contribution in [-0.4, -0.2) is 73.1 Å². The predicted octanol–water partition coefficient (Wildman–Crippen LogP) is 3.36. The van der Waals surface area contributed by atoms with Crippen LogP contribution in [0.15, 0.2) is 42.5 Å². The molecule has 0 radical (unpaired) electrons. The minimum Gasteiger partial charge on any atom is -0.485 e. The molecule has 0 spiro atoms. The first kappa shape index (κ1) is 24.6. The van der Waals surface area contributed by atoms with Crippen LogP contribution in [0, 0.1) is 11.6 Å². The van der Waals surface area contributed by atoms with Crippen molar-refractivity contribution in [1.82, 2.24) is 9.80 Å². The number of benzene rings is 2. The lowest BCUT2D eigenvalue weighted by Crippen LogP contribution is -2.50. The third-order valence-corrected chi connectivity index (χ3v) is 6.01. The van der Waals surface area contributed by atoms with E-state index in [2.05, 4.69) is 0 Å². The molecule has 2 aliphatic rings. The molecular weight excluding hydrogens is 462 g/mol. The Morgan fingerprint density at radius 1 is 1.14 bits per heavy atom. The largest absolute Gasteiger partial charge is 0.485 e. The van der Waals surface area contributed by atoms with Gasteiger partial charge in [0, 0.05) is 18.5 Å². The molecule has 2 heterocycles. The van der Waals surface area contributed by atoms with Gasteiger partial charge in [0.2, 0.25) is 5.91 Å². The zero-order valence-electron chi connectivity index (χ0n) is 19.2. The van der Waals surface area contributed by atoms with Crippen LogP contribution in [0.3, 0.4) is 0 Å². The number of nitrogens with zero attached hydrogens (tertiary/aromatic N) is 2. The van der Waals surface area contributed by atoms with E-state index in [0.29, 0.717) is 6.54 Å². The molecule has 2 aliphatic heterocycles. The number of Topliss-reactive ketones (excluding diaryl/α,β-unsaturated/α-hetero) is 1. The van der Waals surface area contributed by atoms with E-state index in [-0.39, 0.29) is 62.6 Å². The fourth-order valence-corrected chi connectivity index (χ4v) is 4.11. The molecule has 2 amide bonds. The number of ketones is 1. The van der Waals surface area contributed by atoms with Crippen molar-refractivity contribution in [3.63, 3.8) is 0 Å². The predicted molar refractivity (Wildman–Crippen MR) is 120 cm³/mol. The summed E-state index contributed by atoms with van der Waals surface area (Å²) in [6, 6.07) is 10.8. The van der Waals surface area contributed by atoms with Crippen molar-refractivity contribution in [3.05, 3.63) is 65.2 Å². The van der Waals surface area contributed by atoms with Crippen molar-refractivity contribution >= 4 is 17.8 Å². The molecule has 0 bridgehead atoms. The lowest BCUT2D eigenvalue weighted by molar-refractivity contribution is -0.140. The number of morpholine rings is 1. The monoisotopic (exact) mass is 488 g/mol. The molecule has 10 heteroatoms. The molecule has 0 saturated carbocycles. The average Bonchev–Trinajstić information content (AvgIpc) is 3.23. The van der Waals surface area contributed by atoms with Gasteiger partial charge in [-0.2, -0.15) is 0 Å². The van der Waals surface area contributed by atoms with Gasteiger partial charge >= 0.3 is 6.09 Å². The Kier molecular flexibility index (Phi) is 7.60. The molecular formula is C25H26F2N2O6. The summed E-state index contributed by atoms with van der Waals surface area (Å²) in [5, 5.41) is 0. The number of carbonyl (C=O) groups is 3. The Hall–Kier alpha value is -3.53. The normalized spacial score (nSPS) is 20.0. The van der Waals surface area contributed by atoms with Gasteiger partial charge in [0.05, 0.1) is 19.2 Å². The Labute approximate surface area is 201 Å². The fraction of sp³-hybridized carbons (Fsp3) is 0.400. The van der Waals surface area contributed by atoms with E-state index in [1.807, 2.05) is 30.3 Å². The van der Waals surface area contributed by atoms with Gasteiger partial charge in [0.15, 0.2) is 23.2 Å². The summed E-state index contributed by atoms with van der Waals surface area (Å²) >= 11 is 0. The molecule has 8 nitrogen and oxygen atoms in total. The summed E-state index contributed by atoms with van der Waals surface area (Å²) in [6.07, 6.45) is -1.06. The molecule has 2 atom stereocenters. The second-order valence-corrected chi connectivity index (χ2v) is 8.32. The Balaban J connectivity index is 1.36. The maximum Gasteiger partial charge on any atom is 0.410 e. The summed E-state index contributed by atoms with van der Waals surface area (Å²) in [6.45, 7) is 2.05. The lowest BCUT2D eigenvalue weighted by atomic mass is 10.1. The smallest absolute Gasteiger partial charge is 0.410 e. The van der Waals surface area contributed by atoms with Crippen molar-refractivity contribution in [2.24, 2.45) is 0 Å². The lowest BCUT2D eigenvalue weighted by Gasteiger charge is -2.34. The van der Waals surface area contributed by atoms with Crippen LogP contribution in [-0.2, 0) is 14.3 Å². The fourth-order valence-electron chi connectivity index (χ4n) is 4.11. The quantitative estimate of drug-likeness (QED) is 0.530. The highest BCUT2D eigenvalue weighted by Crippen LogP contribution is 2.28. The van der Waals surface area contributed by atoms with Crippen LogP contribution in [0.5, 0.6) is 5.75 Å². The van der Waals surface area contributed by atoms with Gasteiger partial charge in [0.25, 0.3) is 0 Å². The molecule has 186 valence electrons. The molecule has 2 aromatic carbocycles. The second-order valence-electron chi connectivity index (χ2n) is 8.32. The highest BCUT2D eigenvalue weighted by molar-refractivity contribution is 5.96. The van der Waals surface area contributed by atoms with E-state index in [4.69, 9.17) is 14.2 Å². The van der Waals surface area contributed by atoms with Crippen molar-refractivity contribution in [2.75, 3.05) is 39.5 Å². The van der Waals surface area contributed by atoms with Gasteiger partial charge in [-0.25, -0.2) is 13.6 Å². The molecule has 35 heavy (non-hydrogen) atoms. The Morgan fingerprint density at radius 3 is 2.54 bits per heavy atom. The zero-order valence-corrected chi connectivity index (χ0v) is 19.2. The number of rotatable bonds is 8. The zero-order chi connectivity index (χ0) is 24.9. The molecule has 0 aromatic heterocycles.